The van der Waals surface area contributed by atoms with Gasteiger partial charge in [0.25, 0.3) is 0 Å². The van der Waals surface area contributed by atoms with E-state index in [0.717, 1.165) is 6.07 Å². The number of benzene rings is 1. The summed E-state index contributed by atoms with van der Waals surface area (Å²) in [5.41, 5.74) is -5.45. The lowest BCUT2D eigenvalue weighted by Gasteiger charge is -2.24. The molecule has 0 aliphatic rings. The van der Waals surface area contributed by atoms with Gasteiger partial charge in [-0.1, -0.05) is 19.1 Å². The zero-order valence-electron chi connectivity index (χ0n) is 15.8. The van der Waals surface area contributed by atoms with Gasteiger partial charge in [-0.2, -0.15) is 21.6 Å². The number of hydrogen-bond donors (Lipinski definition) is 1. The molecule has 1 rings (SSSR count). The van der Waals surface area contributed by atoms with E-state index < -0.39 is 39.1 Å². The minimum atomic E-state index is -5.79. The summed E-state index contributed by atoms with van der Waals surface area (Å²) < 4.78 is 70.0. The van der Waals surface area contributed by atoms with Gasteiger partial charge in [-0.25, -0.2) is 4.79 Å². The molecule has 0 bridgehead atoms. The monoisotopic (exact) mass is 411 g/mol. The van der Waals surface area contributed by atoms with Crippen molar-refractivity contribution in [2.75, 3.05) is 0 Å². The van der Waals surface area contributed by atoms with Crippen LogP contribution in [0.1, 0.15) is 45.2 Å². The third-order valence-electron chi connectivity index (χ3n) is 3.51. The first-order valence-electron chi connectivity index (χ1n) is 8.25. The average molecular weight is 411 g/mol. The Hall–Kier alpha value is -1.97. The van der Waals surface area contributed by atoms with Crippen LogP contribution in [0.4, 0.5) is 18.0 Å². The summed E-state index contributed by atoms with van der Waals surface area (Å²) in [4.78, 5) is 11.9. The van der Waals surface area contributed by atoms with E-state index in [2.05, 4.69) is 9.50 Å². The summed E-state index contributed by atoms with van der Waals surface area (Å²) in [6.07, 6.45) is -0.155. The summed E-state index contributed by atoms with van der Waals surface area (Å²) in [7, 11) is -5.79. The van der Waals surface area contributed by atoms with Gasteiger partial charge < -0.3 is 14.2 Å². The molecule has 0 saturated carbocycles. The first-order valence-corrected chi connectivity index (χ1v) is 9.66. The summed E-state index contributed by atoms with van der Waals surface area (Å²) >= 11 is 0. The molecule has 0 saturated heterocycles. The van der Waals surface area contributed by atoms with E-state index in [-0.39, 0.29) is 12.0 Å². The Balaban J connectivity index is 3.07. The standard InChI is InChI=1S/C17H24F3NO5S/c1-6-12(21-15(22)25-16(3,4)5)10-13-11(2)8-7-9-14(13)26-27(23,24)17(18,19)20/h7-9,12H,6,10H2,1-5H3,(H,21,22)/t12-/m1/s1. The lowest BCUT2D eigenvalue weighted by molar-refractivity contribution is -0.0500. The van der Waals surface area contributed by atoms with Crippen LogP contribution < -0.4 is 9.50 Å². The molecule has 0 radical (unpaired) electrons. The van der Waals surface area contributed by atoms with E-state index in [1.54, 1.807) is 40.7 Å². The predicted octanol–water partition coefficient (Wildman–Crippen LogP) is 4.07. The maximum absolute atomic E-state index is 12.6. The lowest BCUT2D eigenvalue weighted by atomic mass is 9.99. The molecule has 0 aliphatic heterocycles. The Bertz CT molecular complexity index is 770. The Morgan fingerprint density at radius 1 is 1.22 bits per heavy atom. The maximum Gasteiger partial charge on any atom is 0.534 e. The maximum atomic E-state index is 12.6. The van der Waals surface area contributed by atoms with E-state index in [1.165, 1.54) is 6.07 Å². The van der Waals surface area contributed by atoms with Gasteiger partial charge in [-0.3, -0.25) is 0 Å². The molecule has 154 valence electrons. The molecule has 1 aromatic rings. The van der Waals surface area contributed by atoms with Gasteiger partial charge in [0.05, 0.1) is 0 Å². The topological polar surface area (TPSA) is 81.7 Å². The van der Waals surface area contributed by atoms with Crippen LogP contribution in [-0.2, 0) is 21.3 Å². The molecule has 1 atom stereocenters. The number of rotatable bonds is 6. The lowest BCUT2D eigenvalue weighted by Crippen LogP contribution is -2.40. The highest BCUT2D eigenvalue weighted by Crippen LogP contribution is 2.31. The molecule has 6 nitrogen and oxygen atoms in total. The van der Waals surface area contributed by atoms with Crippen molar-refractivity contribution in [3.63, 3.8) is 0 Å². The van der Waals surface area contributed by atoms with Crippen LogP contribution in [0.15, 0.2) is 18.2 Å². The normalized spacial score (nSPS) is 13.8. The van der Waals surface area contributed by atoms with Crippen LogP contribution >= 0.6 is 0 Å². The molecular weight excluding hydrogens is 387 g/mol. The smallest absolute Gasteiger partial charge is 0.444 e. The molecule has 0 unspecified atom stereocenters. The number of hydrogen-bond acceptors (Lipinski definition) is 5. The Labute approximate surface area is 157 Å². The molecule has 1 amide bonds. The van der Waals surface area contributed by atoms with E-state index in [0.29, 0.717) is 12.0 Å². The number of carbonyl (C=O) groups excluding carboxylic acids is 1. The van der Waals surface area contributed by atoms with Crippen LogP contribution in [0.2, 0.25) is 0 Å². The molecule has 1 N–H and O–H groups in total. The summed E-state index contributed by atoms with van der Waals surface area (Å²) in [6, 6.07) is 3.66. The fourth-order valence-corrected chi connectivity index (χ4v) is 2.69. The zero-order valence-corrected chi connectivity index (χ0v) is 16.6. The number of halogens is 3. The zero-order chi connectivity index (χ0) is 21.0. The van der Waals surface area contributed by atoms with Crippen LogP contribution in [0.3, 0.4) is 0 Å². The average Bonchev–Trinajstić information content (AvgIpc) is 2.46. The van der Waals surface area contributed by atoms with Crippen molar-refractivity contribution in [2.45, 2.75) is 64.6 Å². The third-order valence-corrected chi connectivity index (χ3v) is 4.48. The quantitative estimate of drug-likeness (QED) is 0.564. The highest BCUT2D eigenvalue weighted by Gasteiger charge is 2.48. The number of carbonyl (C=O) groups is 1. The molecule has 1 aromatic carbocycles. The highest BCUT2D eigenvalue weighted by molar-refractivity contribution is 7.88. The van der Waals surface area contributed by atoms with Crippen molar-refractivity contribution in [3.8, 4) is 5.75 Å². The van der Waals surface area contributed by atoms with E-state index >= 15 is 0 Å². The molecule has 0 fully saturated rings. The van der Waals surface area contributed by atoms with Crippen molar-refractivity contribution < 1.29 is 35.3 Å². The summed E-state index contributed by atoms with van der Waals surface area (Å²) in [5, 5.41) is 2.63. The van der Waals surface area contributed by atoms with Gasteiger partial charge in [0, 0.05) is 11.6 Å². The molecule has 0 aromatic heterocycles. The van der Waals surface area contributed by atoms with E-state index in [9.17, 15) is 26.4 Å². The fraction of sp³-hybridized carbons (Fsp3) is 0.588. The number of alkyl carbamates (subject to hydrolysis) is 1. The summed E-state index contributed by atoms with van der Waals surface area (Å²) in [6.45, 7) is 8.48. The van der Waals surface area contributed by atoms with Crippen LogP contribution in [0, 0.1) is 6.92 Å². The van der Waals surface area contributed by atoms with Crippen molar-refractivity contribution in [2.24, 2.45) is 0 Å². The Kier molecular flexibility index (Phi) is 7.15. The number of amides is 1. The minimum Gasteiger partial charge on any atom is -0.444 e. The van der Waals surface area contributed by atoms with Crippen molar-refractivity contribution in [1.82, 2.24) is 5.32 Å². The second kappa shape index (κ2) is 8.37. The van der Waals surface area contributed by atoms with Crippen LogP contribution in [0.25, 0.3) is 0 Å². The Morgan fingerprint density at radius 3 is 2.30 bits per heavy atom. The molecule has 0 spiro atoms. The number of ether oxygens (including phenoxy) is 1. The van der Waals surface area contributed by atoms with Crippen molar-refractivity contribution in [3.05, 3.63) is 29.3 Å². The molecule has 0 aliphatic carbocycles. The molecular formula is C17H24F3NO5S. The minimum absolute atomic E-state index is 0.0745. The number of aryl methyl sites for hydroxylation is 1. The second-order valence-corrected chi connectivity index (χ2v) is 8.53. The molecule has 10 heteroatoms. The second-order valence-electron chi connectivity index (χ2n) is 6.99. The first kappa shape index (κ1) is 23.1. The fourth-order valence-electron chi connectivity index (χ4n) is 2.20. The molecule has 27 heavy (non-hydrogen) atoms. The van der Waals surface area contributed by atoms with Gasteiger partial charge in [0.15, 0.2) is 0 Å². The van der Waals surface area contributed by atoms with Crippen molar-refractivity contribution >= 4 is 16.2 Å². The largest absolute Gasteiger partial charge is 0.534 e. The Morgan fingerprint density at radius 2 is 1.81 bits per heavy atom. The van der Waals surface area contributed by atoms with Gasteiger partial charge >= 0.3 is 21.7 Å². The van der Waals surface area contributed by atoms with Gasteiger partial charge in [0.1, 0.15) is 11.4 Å². The van der Waals surface area contributed by atoms with Crippen LogP contribution in [-0.4, -0.2) is 31.7 Å². The van der Waals surface area contributed by atoms with Gasteiger partial charge in [-0.15, -0.1) is 0 Å². The van der Waals surface area contributed by atoms with E-state index in [1.807, 2.05) is 0 Å². The number of nitrogens with one attached hydrogen (secondary N) is 1. The highest BCUT2D eigenvalue weighted by atomic mass is 32.2. The van der Waals surface area contributed by atoms with Gasteiger partial charge in [0.2, 0.25) is 0 Å². The summed E-state index contributed by atoms with van der Waals surface area (Å²) in [5.74, 6) is -0.420. The molecule has 0 heterocycles. The van der Waals surface area contributed by atoms with Crippen molar-refractivity contribution in [1.29, 1.82) is 0 Å². The first-order chi connectivity index (χ1) is 12.2. The number of alkyl halides is 3. The third kappa shape index (κ3) is 6.93. The van der Waals surface area contributed by atoms with E-state index in [4.69, 9.17) is 4.74 Å². The SMILES string of the molecule is CC[C@H](Cc1c(C)cccc1OS(=O)(=O)C(F)(F)F)NC(=O)OC(C)(C)C. The predicted molar refractivity (Wildman–Crippen MR) is 93.9 cm³/mol. The van der Waals surface area contributed by atoms with Crippen LogP contribution in [0.5, 0.6) is 5.75 Å². The van der Waals surface area contributed by atoms with Gasteiger partial charge in [-0.05, 0) is 52.2 Å².